The van der Waals surface area contributed by atoms with Gasteiger partial charge in [-0.25, -0.2) is 4.98 Å². The summed E-state index contributed by atoms with van der Waals surface area (Å²) in [5.74, 6) is 0.623. The average molecular weight is 488 g/mol. The van der Waals surface area contributed by atoms with Crippen LogP contribution in [0.3, 0.4) is 0 Å². The number of methoxy groups -OCH3 is 1. The van der Waals surface area contributed by atoms with Crippen LogP contribution in [-0.4, -0.2) is 62.9 Å². The van der Waals surface area contributed by atoms with Gasteiger partial charge in [-0.2, -0.15) is 0 Å². The zero-order chi connectivity index (χ0) is 26.2. The number of benzene rings is 2. The molecule has 2 N–H and O–H groups in total. The number of ketones is 1. The van der Waals surface area contributed by atoms with Crippen LogP contribution in [0, 0.1) is 6.92 Å². The summed E-state index contributed by atoms with van der Waals surface area (Å²) < 4.78 is 5.65. The molecule has 1 heterocycles. The number of rotatable bonds is 11. The Balaban J connectivity index is 1.95. The van der Waals surface area contributed by atoms with Crippen molar-refractivity contribution in [3.05, 3.63) is 84.1 Å². The van der Waals surface area contributed by atoms with E-state index in [0.29, 0.717) is 34.1 Å². The number of pyridine rings is 1. The van der Waals surface area contributed by atoms with Gasteiger partial charge in [-0.3, -0.25) is 9.59 Å². The molecule has 8 heteroatoms. The van der Waals surface area contributed by atoms with Gasteiger partial charge >= 0.3 is 0 Å². The second kappa shape index (κ2) is 12.0. The van der Waals surface area contributed by atoms with E-state index in [1.165, 1.54) is 6.08 Å². The number of amides is 1. The van der Waals surface area contributed by atoms with Crippen LogP contribution in [0.4, 0.5) is 22.9 Å². The van der Waals surface area contributed by atoms with Gasteiger partial charge in [0.1, 0.15) is 11.6 Å². The van der Waals surface area contributed by atoms with Crippen LogP contribution in [0.1, 0.15) is 21.5 Å². The fraction of sp³-hybridized carbons (Fsp3) is 0.250. The minimum absolute atomic E-state index is 0.0933. The molecule has 0 aliphatic heterocycles. The molecule has 0 spiro atoms. The van der Waals surface area contributed by atoms with Gasteiger partial charge in [0, 0.05) is 43.5 Å². The van der Waals surface area contributed by atoms with Gasteiger partial charge in [0.25, 0.3) is 0 Å². The second-order valence-electron chi connectivity index (χ2n) is 8.74. The zero-order valence-electron chi connectivity index (χ0n) is 21.5. The van der Waals surface area contributed by atoms with E-state index in [2.05, 4.69) is 27.1 Å². The van der Waals surface area contributed by atoms with Gasteiger partial charge in [0.05, 0.1) is 24.2 Å². The Hall–Kier alpha value is -4.17. The number of anilines is 4. The second-order valence-corrected chi connectivity index (χ2v) is 8.74. The smallest absolute Gasteiger partial charge is 0.247 e. The minimum atomic E-state index is -0.322. The fourth-order valence-electron chi connectivity index (χ4n) is 3.56. The maximum absolute atomic E-state index is 13.0. The van der Waals surface area contributed by atoms with E-state index in [0.717, 1.165) is 24.3 Å². The van der Waals surface area contributed by atoms with Crippen molar-refractivity contribution in [2.24, 2.45) is 0 Å². The maximum atomic E-state index is 13.0. The lowest BCUT2D eigenvalue weighted by molar-refractivity contribution is -0.111. The summed E-state index contributed by atoms with van der Waals surface area (Å²) >= 11 is 0. The number of hydrogen-bond donors (Lipinski definition) is 2. The molecule has 1 amide bonds. The van der Waals surface area contributed by atoms with Gasteiger partial charge in [0.2, 0.25) is 5.91 Å². The van der Waals surface area contributed by atoms with Gasteiger partial charge in [0.15, 0.2) is 5.78 Å². The minimum Gasteiger partial charge on any atom is -0.494 e. The first-order valence-electron chi connectivity index (χ1n) is 11.6. The number of nitrogens with zero attached hydrogens (tertiary/aromatic N) is 3. The molecule has 0 aliphatic carbocycles. The van der Waals surface area contributed by atoms with Crippen LogP contribution in [0.5, 0.6) is 5.75 Å². The standard InChI is InChI=1S/C28H33N5O3/c1-7-27(34)31-22-17-23(25(36-6)18-24(22)33(5)15-14-32(3)4)30-26-16-21(12-13-29-26)28(35)20-10-8-19(2)9-11-20/h7-13,16-18H,1,14-15H2,2-6H3,(H,29,30)(H,31,34). The predicted octanol–water partition coefficient (Wildman–Crippen LogP) is 4.50. The Labute approximate surface area is 212 Å². The highest BCUT2D eigenvalue weighted by molar-refractivity contribution is 6.09. The fourth-order valence-corrected chi connectivity index (χ4v) is 3.56. The quantitative estimate of drug-likeness (QED) is 0.304. The molecule has 2 aromatic carbocycles. The first-order chi connectivity index (χ1) is 17.2. The number of aromatic nitrogens is 1. The van der Waals surface area contributed by atoms with Crippen LogP contribution >= 0.6 is 0 Å². The molecule has 0 bridgehead atoms. The maximum Gasteiger partial charge on any atom is 0.247 e. The van der Waals surface area contributed by atoms with E-state index in [1.807, 2.05) is 63.3 Å². The van der Waals surface area contributed by atoms with Crippen molar-refractivity contribution >= 4 is 34.6 Å². The van der Waals surface area contributed by atoms with Crippen molar-refractivity contribution in [1.29, 1.82) is 0 Å². The highest BCUT2D eigenvalue weighted by Gasteiger charge is 2.17. The number of nitrogens with one attached hydrogen (secondary N) is 2. The van der Waals surface area contributed by atoms with Crippen LogP contribution in [-0.2, 0) is 4.79 Å². The van der Waals surface area contributed by atoms with Crippen LogP contribution in [0.2, 0.25) is 0 Å². The molecule has 3 aromatic rings. The van der Waals surface area contributed by atoms with Crippen molar-refractivity contribution in [3.8, 4) is 5.75 Å². The Morgan fingerprint density at radius 2 is 1.72 bits per heavy atom. The van der Waals surface area contributed by atoms with E-state index in [-0.39, 0.29) is 11.7 Å². The topological polar surface area (TPSA) is 86.8 Å². The number of likely N-dealkylation sites (N-methyl/N-ethyl adjacent to an activating group) is 2. The number of carbonyl (C=O) groups excluding carboxylic acids is 2. The van der Waals surface area contributed by atoms with Crippen LogP contribution in [0.15, 0.2) is 67.4 Å². The molecule has 36 heavy (non-hydrogen) atoms. The molecule has 0 unspecified atom stereocenters. The largest absolute Gasteiger partial charge is 0.494 e. The highest BCUT2D eigenvalue weighted by Crippen LogP contribution is 2.38. The van der Waals surface area contributed by atoms with Crippen molar-refractivity contribution in [1.82, 2.24) is 9.88 Å². The lowest BCUT2D eigenvalue weighted by Gasteiger charge is -2.26. The lowest BCUT2D eigenvalue weighted by Crippen LogP contribution is -2.29. The molecule has 0 aliphatic rings. The Bertz CT molecular complexity index is 1240. The van der Waals surface area contributed by atoms with E-state index >= 15 is 0 Å². The van der Waals surface area contributed by atoms with Gasteiger partial charge in [-0.05, 0) is 45.3 Å². The molecule has 3 rings (SSSR count). The van der Waals surface area contributed by atoms with Crippen molar-refractivity contribution in [3.63, 3.8) is 0 Å². The summed E-state index contributed by atoms with van der Waals surface area (Å²) in [5.41, 5.74) is 4.19. The third-order valence-corrected chi connectivity index (χ3v) is 5.65. The molecule has 0 saturated heterocycles. The number of ether oxygens (including phenoxy) is 1. The monoisotopic (exact) mass is 487 g/mol. The van der Waals surface area contributed by atoms with E-state index < -0.39 is 0 Å². The predicted molar refractivity (Wildman–Crippen MR) is 146 cm³/mol. The van der Waals surface area contributed by atoms with Crippen LogP contribution in [0.25, 0.3) is 0 Å². The van der Waals surface area contributed by atoms with Crippen molar-refractivity contribution < 1.29 is 14.3 Å². The summed E-state index contributed by atoms with van der Waals surface area (Å²) in [4.78, 5) is 33.6. The molecule has 8 nitrogen and oxygen atoms in total. The highest BCUT2D eigenvalue weighted by atomic mass is 16.5. The van der Waals surface area contributed by atoms with Gasteiger partial charge in [-0.15, -0.1) is 0 Å². The summed E-state index contributed by atoms with van der Waals surface area (Å²) in [6.07, 6.45) is 2.81. The number of hydrogen-bond acceptors (Lipinski definition) is 7. The van der Waals surface area contributed by atoms with Gasteiger partial charge in [-0.1, -0.05) is 36.4 Å². The average Bonchev–Trinajstić information content (AvgIpc) is 2.87. The van der Waals surface area contributed by atoms with Crippen molar-refractivity contribution in [2.75, 3.05) is 56.9 Å². The number of carbonyl (C=O) groups is 2. The third kappa shape index (κ3) is 6.70. The lowest BCUT2D eigenvalue weighted by atomic mass is 10.0. The summed E-state index contributed by atoms with van der Waals surface area (Å²) in [7, 11) is 7.55. The molecular weight excluding hydrogens is 454 g/mol. The molecule has 0 radical (unpaired) electrons. The summed E-state index contributed by atoms with van der Waals surface area (Å²) in [6.45, 7) is 7.11. The summed E-state index contributed by atoms with van der Waals surface area (Å²) in [6, 6.07) is 14.5. The van der Waals surface area contributed by atoms with E-state index in [1.54, 1.807) is 31.5 Å². The Morgan fingerprint density at radius 3 is 2.36 bits per heavy atom. The zero-order valence-corrected chi connectivity index (χ0v) is 21.5. The normalized spacial score (nSPS) is 10.6. The van der Waals surface area contributed by atoms with E-state index in [4.69, 9.17) is 4.74 Å². The molecule has 0 fully saturated rings. The molecule has 0 atom stereocenters. The third-order valence-electron chi connectivity index (χ3n) is 5.65. The van der Waals surface area contributed by atoms with Crippen molar-refractivity contribution in [2.45, 2.75) is 6.92 Å². The number of aryl methyl sites for hydroxylation is 1. The van der Waals surface area contributed by atoms with E-state index in [9.17, 15) is 9.59 Å². The Kier molecular flexibility index (Phi) is 8.81. The molecular formula is C28H33N5O3. The Morgan fingerprint density at radius 1 is 1.00 bits per heavy atom. The first-order valence-corrected chi connectivity index (χ1v) is 11.6. The first kappa shape index (κ1) is 26.4. The van der Waals surface area contributed by atoms with Crippen LogP contribution < -0.4 is 20.3 Å². The summed E-state index contributed by atoms with van der Waals surface area (Å²) in [5, 5.41) is 6.11. The SMILES string of the molecule is C=CC(=O)Nc1cc(Nc2cc(C(=O)c3ccc(C)cc3)ccn2)c(OC)cc1N(C)CCN(C)C. The molecule has 188 valence electrons. The van der Waals surface area contributed by atoms with Gasteiger partial charge < -0.3 is 25.2 Å². The molecule has 0 saturated carbocycles. The molecule has 1 aromatic heterocycles.